The van der Waals surface area contributed by atoms with E-state index < -0.39 is 0 Å². The Bertz CT molecular complexity index is 8850. The van der Waals surface area contributed by atoms with Crippen molar-refractivity contribution >= 4 is 204 Å². The number of hydrogen-bond acceptors (Lipinski definition) is 10. The first-order valence-corrected chi connectivity index (χ1v) is 44.6. The van der Waals surface area contributed by atoms with Gasteiger partial charge in [0.2, 0.25) is 0 Å². The highest BCUT2D eigenvalue weighted by Gasteiger charge is 2.42. The number of pyridine rings is 1. The number of halogens is 1. The van der Waals surface area contributed by atoms with Crippen molar-refractivity contribution in [1.29, 1.82) is 0 Å². The molecule has 7 aromatic heterocycles. The second-order valence-electron chi connectivity index (χ2n) is 34.1. The van der Waals surface area contributed by atoms with Gasteiger partial charge in [0.1, 0.15) is 5.65 Å². The van der Waals surface area contributed by atoms with E-state index in [0.717, 1.165) is 219 Å². The molecule has 0 atom stereocenters. The first kappa shape index (κ1) is 73.8. The van der Waals surface area contributed by atoms with Gasteiger partial charge in [-0.15, -0.1) is 11.3 Å². The van der Waals surface area contributed by atoms with Gasteiger partial charge in [0.25, 0.3) is 47.3 Å². The van der Waals surface area contributed by atoms with Gasteiger partial charge in [0.15, 0.2) is 0 Å². The zero-order valence-corrected chi connectivity index (χ0v) is 70.4. The molecule has 0 radical (unpaired) electrons. The van der Waals surface area contributed by atoms with E-state index in [1.54, 1.807) is 17.5 Å². The molecule has 30 rings (SSSR count). The van der Waals surface area contributed by atoms with Crippen molar-refractivity contribution in [2.24, 2.45) is 0 Å². The number of aromatic amines is 5. The summed E-state index contributed by atoms with van der Waals surface area (Å²) in [6.45, 7) is 1.27. The third-order valence-electron chi connectivity index (χ3n) is 27.7. The average molecular weight is 1750 g/mol. The zero-order chi connectivity index (χ0) is 85.5. The first-order valence-electron chi connectivity index (χ1n) is 43.0. The number of para-hydroxylation sites is 3. The van der Waals surface area contributed by atoms with Gasteiger partial charge >= 0.3 is 0 Å². The summed E-state index contributed by atoms with van der Waals surface area (Å²) in [5, 5.41) is 25.6. The summed E-state index contributed by atoms with van der Waals surface area (Å²) in [4.78, 5) is 123. The summed E-state index contributed by atoms with van der Waals surface area (Å²) < 4.78 is 2.92. The Labute approximate surface area is 737 Å². The average Bonchev–Trinajstić information content (AvgIpc) is 1.54. The molecule has 0 saturated carbocycles. The molecular formula is C107H68BrN11O8S. The largest absolute Gasteiger partial charge is 0.354 e. The van der Waals surface area contributed by atoms with Gasteiger partial charge in [-0.1, -0.05) is 186 Å². The Morgan fingerprint density at radius 3 is 1.19 bits per heavy atom. The van der Waals surface area contributed by atoms with E-state index in [1.807, 2.05) is 103 Å². The number of benzene rings is 14. The van der Waals surface area contributed by atoms with Gasteiger partial charge in [0.05, 0.1) is 71.2 Å². The lowest BCUT2D eigenvalue weighted by atomic mass is 9.80. The molecule has 8 amide bonds. The van der Waals surface area contributed by atoms with Crippen LogP contribution in [0, 0.1) is 0 Å². The quantitative estimate of drug-likeness (QED) is 0.0645. The summed E-state index contributed by atoms with van der Waals surface area (Å²) in [6, 6.07) is 76.3. The fraction of sp³-hybridized carbons (Fsp3) is 0.0935. The SMILES string of the molecule is O=C1NC(=O)c2c1c1c(c3[nH]c4ccc(Br)cc4c23)-c2ccccc2CC1.O=C1NC(=O)c2c1c1c(c3[nH]c4ncccc4c23)-c2ccccc2CC1.O=C1NC(=O)c2c1c1sc3ccccc3c1c1[nH]c3ccccc3c21.O=C1NCc2c1c1c(c3[nH]c4ccccc4c23)-c2ccccc2CC1.O=C1NCc2c3c(c4[nH]c5ccccc5c4c21)-c1ccccc1CC3. The van der Waals surface area contributed by atoms with Crippen molar-refractivity contribution < 1.29 is 38.4 Å². The van der Waals surface area contributed by atoms with Gasteiger partial charge < -0.3 is 35.6 Å². The van der Waals surface area contributed by atoms with Crippen LogP contribution < -0.4 is 26.6 Å². The van der Waals surface area contributed by atoms with Crippen molar-refractivity contribution in [2.45, 2.75) is 64.5 Å². The number of rotatable bonds is 0. The van der Waals surface area contributed by atoms with Crippen LogP contribution >= 0.6 is 27.3 Å². The molecule has 0 spiro atoms. The molecule has 21 aromatic rings. The standard InChI is InChI=1S/C22H13BrN2O2.2C22H16N2O.C21H13N3O2.C20H10N2O2S/c23-11-6-8-15-14(9-11)17-19-18(21(26)25-22(19)27)13-7-5-10-3-1-2-4-12(10)16(13)20(17)24-15;25-22-20-16(11-23-22)14-10-9-12-5-1-2-6-13(12)18(14)21-19(20)15-7-3-4-8-17(15)24-21;25-22-20-15-10-9-12-5-1-2-6-13(12)18(15)21-19(16(20)11-23-22)14-7-3-4-8-17(14)24-21;25-20-16-12-8-7-10-4-1-2-5-11(10)14(12)18-15(17(16)21(26)24-20)13-6-3-9-22-19(13)23-18;23-19-15-13-9-5-1-3-7-11(9)21-17(13)14-10-6-2-4-8-12(10)25-18(14)16(15)20(24)22-19/h1-4,6,8-9,24H,5,7H2,(H,25,26,27);2*1-8,24H,9-11H2,(H,23,25);1-6,9H,7-8H2,(H,22,23)(H,24,25,26);1-8,21H,(H,22,23,24). The number of imide groups is 3. The van der Waals surface area contributed by atoms with Crippen molar-refractivity contribution in [3.63, 3.8) is 0 Å². The summed E-state index contributed by atoms with van der Waals surface area (Å²) in [5.74, 6) is -1.66. The van der Waals surface area contributed by atoms with Gasteiger partial charge in [-0.25, -0.2) is 4.98 Å². The van der Waals surface area contributed by atoms with Crippen LogP contribution in [0.15, 0.2) is 235 Å². The van der Waals surface area contributed by atoms with E-state index in [0.29, 0.717) is 46.5 Å². The van der Waals surface area contributed by atoms with Crippen LogP contribution in [0.1, 0.15) is 138 Å². The van der Waals surface area contributed by atoms with E-state index in [-0.39, 0.29) is 47.3 Å². The second-order valence-corrected chi connectivity index (χ2v) is 36.1. The summed E-state index contributed by atoms with van der Waals surface area (Å²) in [6.07, 6.45) is 8.91. The number of aromatic nitrogens is 6. The predicted octanol–water partition coefficient (Wildman–Crippen LogP) is 21.3. The molecule has 14 aromatic carbocycles. The van der Waals surface area contributed by atoms with Crippen molar-refractivity contribution in [3.8, 4) is 44.5 Å². The van der Waals surface area contributed by atoms with E-state index in [2.05, 4.69) is 194 Å². The molecule has 19 nitrogen and oxygen atoms in total. The van der Waals surface area contributed by atoms with Crippen LogP contribution in [0.5, 0.6) is 0 Å². The molecular weight excluding hydrogens is 1680 g/mol. The maximum atomic E-state index is 12.7. The molecule has 612 valence electrons. The minimum Gasteiger partial charge on any atom is -0.354 e. The zero-order valence-electron chi connectivity index (χ0n) is 68.0. The molecule has 0 bridgehead atoms. The highest BCUT2D eigenvalue weighted by Crippen LogP contribution is 2.53. The third kappa shape index (κ3) is 10.5. The summed E-state index contributed by atoms with van der Waals surface area (Å²) >= 11 is 5.09. The molecule has 0 fully saturated rings. The lowest BCUT2D eigenvalue weighted by Gasteiger charge is -2.23. The fourth-order valence-corrected chi connectivity index (χ4v) is 24.2. The Morgan fingerprint density at radius 1 is 0.266 bits per heavy atom. The Balaban J connectivity index is 0.0000000847. The Kier molecular flexibility index (Phi) is 15.9. The van der Waals surface area contributed by atoms with Gasteiger partial charge in [-0.2, -0.15) is 0 Å². The Hall–Kier alpha value is -15.7. The lowest BCUT2D eigenvalue weighted by molar-refractivity contribution is 0.0863. The number of nitrogens with one attached hydrogen (secondary N) is 10. The second kappa shape index (κ2) is 27.6. The molecule has 4 aliphatic carbocycles. The molecule has 9 aliphatic rings. The normalized spacial score (nSPS) is 14.9. The Morgan fingerprint density at radius 2 is 0.641 bits per heavy atom. The van der Waals surface area contributed by atoms with E-state index in [4.69, 9.17) is 0 Å². The van der Waals surface area contributed by atoms with Crippen molar-refractivity contribution in [2.75, 3.05) is 0 Å². The van der Waals surface area contributed by atoms with E-state index in [9.17, 15) is 38.4 Å². The molecule has 10 N–H and O–H groups in total. The van der Waals surface area contributed by atoms with Gasteiger partial charge in [-0.05, 0) is 184 Å². The monoisotopic (exact) mass is 1750 g/mol. The third-order valence-corrected chi connectivity index (χ3v) is 29.4. The number of nitrogens with zero attached hydrogens (tertiary/aromatic N) is 1. The number of carbonyl (C=O) groups excluding carboxylic acids is 8. The minimum atomic E-state index is -0.318. The summed E-state index contributed by atoms with van der Waals surface area (Å²) in [5.41, 5.74) is 36.4. The fourth-order valence-electron chi connectivity index (χ4n) is 22.6. The maximum absolute atomic E-state index is 12.7. The molecule has 12 heterocycles. The molecule has 128 heavy (non-hydrogen) atoms. The lowest BCUT2D eigenvalue weighted by Crippen LogP contribution is -2.20. The number of hydrogen-bond donors (Lipinski definition) is 10. The van der Waals surface area contributed by atoms with Crippen LogP contribution in [-0.4, -0.2) is 77.2 Å². The number of aryl methyl sites for hydroxylation is 4. The molecule has 5 aliphatic heterocycles. The van der Waals surface area contributed by atoms with Crippen molar-refractivity contribution in [3.05, 3.63) is 335 Å². The number of H-pyrrole nitrogens is 5. The van der Waals surface area contributed by atoms with E-state index in [1.165, 1.54) is 77.5 Å². The van der Waals surface area contributed by atoms with Gasteiger partial charge in [0, 0.05) is 143 Å². The van der Waals surface area contributed by atoms with Crippen LogP contribution in [-0.2, 0) is 64.5 Å². The van der Waals surface area contributed by atoms with Crippen molar-refractivity contribution in [1.82, 2.24) is 56.5 Å². The number of amides is 8. The highest BCUT2D eigenvalue weighted by atomic mass is 79.9. The van der Waals surface area contributed by atoms with Crippen LogP contribution in [0.25, 0.3) is 174 Å². The predicted molar refractivity (Wildman–Crippen MR) is 507 cm³/mol. The first-order chi connectivity index (χ1) is 62.8. The van der Waals surface area contributed by atoms with Crippen LogP contribution in [0.3, 0.4) is 0 Å². The van der Waals surface area contributed by atoms with Gasteiger partial charge in [-0.3, -0.25) is 54.3 Å². The number of fused-ring (bicyclic) bond motifs is 50. The number of thiophene rings is 1. The minimum absolute atomic E-state index is 0.0615. The molecule has 0 unspecified atom stereocenters. The topological polar surface area (TPSA) is 289 Å². The highest BCUT2D eigenvalue weighted by molar-refractivity contribution is 9.10. The molecule has 21 heteroatoms. The number of carbonyl (C=O) groups is 8. The van der Waals surface area contributed by atoms with Crippen LogP contribution in [0.4, 0.5) is 0 Å². The molecule has 0 saturated heterocycles. The van der Waals surface area contributed by atoms with Crippen LogP contribution in [0.2, 0.25) is 0 Å². The smallest absolute Gasteiger partial charge is 0.260 e. The van der Waals surface area contributed by atoms with E-state index >= 15 is 0 Å². The summed E-state index contributed by atoms with van der Waals surface area (Å²) in [7, 11) is 0. The maximum Gasteiger partial charge on any atom is 0.260 e.